The van der Waals surface area contributed by atoms with Crippen molar-refractivity contribution in [1.29, 1.82) is 0 Å². The number of hydrogen-bond acceptors (Lipinski definition) is 2. The fourth-order valence-corrected chi connectivity index (χ4v) is 1.00. The highest BCUT2D eigenvalue weighted by Crippen LogP contribution is 2.18. The summed E-state index contributed by atoms with van der Waals surface area (Å²) in [5.74, 6) is 0.332. The maximum absolute atomic E-state index is 3.96. The van der Waals surface area contributed by atoms with Crippen LogP contribution < -0.4 is 0 Å². The second kappa shape index (κ2) is 2.10. The van der Waals surface area contributed by atoms with Gasteiger partial charge in [0.25, 0.3) is 0 Å². The summed E-state index contributed by atoms with van der Waals surface area (Å²) in [6, 6.07) is 0. The highest BCUT2D eigenvalue weighted by atomic mass is 15.3. The summed E-state index contributed by atoms with van der Waals surface area (Å²) in [6.07, 6.45) is 9.93. The lowest BCUT2D eigenvalue weighted by molar-refractivity contribution is 0.900. The molecule has 1 aliphatic carbocycles. The molecule has 0 radical (unpaired) electrons. The van der Waals surface area contributed by atoms with Gasteiger partial charge in [-0.15, -0.1) is 0 Å². The quantitative estimate of drug-likeness (QED) is 0.621. The average molecular weight is 133 g/mol. The van der Waals surface area contributed by atoms with Gasteiger partial charge >= 0.3 is 0 Å². The number of nitrogens with zero attached hydrogens (tertiary/aromatic N) is 2. The number of hydrogen-bond donors (Lipinski definition) is 1. The van der Waals surface area contributed by atoms with Crippen LogP contribution in [-0.4, -0.2) is 15.4 Å². The first-order valence-corrected chi connectivity index (χ1v) is 3.17. The third kappa shape index (κ3) is 0.757. The lowest BCUT2D eigenvalue weighted by atomic mass is 10.1. The van der Waals surface area contributed by atoms with E-state index >= 15 is 0 Å². The van der Waals surface area contributed by atoms with Crippen molar-refractivity contribution in [3.05, 3.63) is 36.2 Å². The minimum Gasteiger partial charge on any atom is -0.198 e. The predicted octanol–water partition coefficient (Wildman–Crippen LogP) is 1.01. The van der Waals surface area contributed by atoms with Crippen molar-refractivity contribution in [2.75, 3.05) is 0 Å². The zero-order valence-electron chi connectivity index (χ0n) is 5.36. The second-order valence-corrected chi connectivity index (χ2v) is 2.19. The van der Waals surface area contributed by atoms with E-state index in [4.69, 9.17) is 0 Å². The van der Waals surface area contributed by atoms with Gasteiger partial charge in [-0.25, -0.2) is 0 Å². The topological polar surface area (TPSA) is 41.6 Å². The molecule has 3 nitrogen and oxygen atoms in total. The Hall–Kier alpha value is -1.38. The molecule has 0 saturated carbocycles. The van der Waals surface area contributed by atoms with Crippen LogP contribution in [0.3, 0.4) is 0 Å². The van der Waals surface area contributed by atoms with Crippen LogP contribution in [0.4, 0.5) is 0 Å². The normalized spacial score (nSPS) is 16.8. The van der Waals surface area contributed by atoms with Crippen LogP contribution in [0.25, 0.3) is 0 Å². The third-order valence-electron chi connectivity index (χ3n) is 1.52. The summed E-state index contributed by atoms with van der Waals surface area (Å²) in [7, 11) is 0. The Morgan fingerprint density at radius 1 is 1.30 bits per heavy atom. The molecule has 2 rings (SSSR count). The molecule has 1 aromatic rings. The number of nitrogens with one attached hydrogen (secondary N) is 1. The Kier molecular flexibility index (Phi) is 1.13. The molecule has 0 fully saturated rings. The maximum Gasteiger partial charge on any atom is 0.0931 e. The smallest absolute Gasteiger partial charge is 0.0931 e. The Morgan fingerprint density at radius 2 is 2.10 bits per heavy atom. The number of rotatable bonds is 1. The minimum atomic E-state index is 0.332. The van der Waals surface area contributed by atoms with Crippen LogP contribution in [0.5, 0.6) is 0 Å². The molecular weight excluding hydrogens is 126 g/mol. The molecule has 1 N–H and O–H groups in total. The average Bonchev–Trinajstić information content (AvgIpc) is 2.59. The van der Waals surface area contributed by atoms with Crippen LogP contribution in [0.15, 0.2) is 30.5 Å². The van der Waals surface area contributed by atoms with Crippen molar-refractivity contribution < 1.29 is 0 Å². The number of allylic oxidation sites excluding steroid dienone is 4. The van der Waals surface area contributed by atoms with E-state index in [0.29, 0.717) is 5.92 Å². The van der Waals surface area contributed by atoms with Gasteiger partial charge in [0.2, 0.25) is 0 Å². The number of aromatic nitrogens is 3. The fourth-order valence-electron chi connectivity index (χ4n) is 1.00. The SMILES string of the molecule is C1=CC(c2cn[nH]n2)C=C1. The summed E-state index contributed by atoms with van der Waals surface area (Å²) in [4.78, 5) is 0. The molecule has 1 aromatic heterocycles. The van der Waals surface area contributed by atoms with Crippen LogP contribution in [0, 0.1) is 0 Å². The van der Waals surface area contributed by atoms with Crippen molar-refractivity contribution in [1.82, 2.24) is 15.4 Å². The van der Waals surface area contributed by atoms with Gasteiger partial charge in [0.15, 0.2) is 0 Å². The van der Waals surface area contributed by atoms with E-state index in [2.05, 4.69) is 27.6 Å². The monoisotopic (exact) mass is 133 g/mol. The van der Waals surface area contributed by atoms with Gasteiger partial charge < -0.3 is 0 Å². The Balaban J connectivity index is 2.29. The molecule has 0 spiro atoms. The summed E-state index contributed by atoms with van der Waals surface area (Å²) in [5.41, 5.74) is 0.977. The fraction of sp³-hybridized carbons (Fsp3) is 0.143. The van der Waals surface area contributed by atoms with Crippen molar-refractivity contribution in [3.63, 3.8) is 0 Å². The minimum absolute atomic E-state index is 0.332. The second-order valence-electron chi connectivity index (χ2n) is 2.19. The van der Waals surface area contributed by atoms with E-state index in [1.54, 1.807) is 6.20 Å². The molecule has 0 unspecified atom stereocenters. The van der Waals surface area contributed by atoms with Crippen molar-refractivity contribution in [2.24, 2.45) is 0 Å². The summed E-state index contributed by atoms with van der Waals surface area (Å²) >= 11 is 0. The third-order valence-corrected chi connectivity index (χ3v) is 1.52. The largest absolute Gasteiger partial charge is 0.198 e. The van der Waals surface area contributed by atoms with Crippen molar-refractivity contribution in [2.45, 2.75) is 5.92 Å². The molecule has 10 heavy (non-hydrogen) atoms. The first kappa shape index (κ1) is 5.41. The summed E-state index contributed by atoms with van der Waals surface area (Å²) in [6.45, 7) is 0. The Labute approximate surface area is 58.5 Å². The first-order chi connectivity index (χ1) is 4.97. The Bertz CT molecular complexity index is 246. The van der Waals surface area contributed by atoms with E-state index < -0.39 is 0 Å². The molecular formula is C7H7N3. The highest BCUT2D eigenvalue weighted by Gasteiger charge is 2.08. The van der Waals surface area contributed by atoms with E-state index in [1.165, 1.54) is 0 Å². The van der Waals surface area contributed by atoms with Crippen LogP contribution in [-0.2, 0) is 0 Å². The zero-order valence-corrected chi connectivity index (χ0v) is 5.36. The van der Waals surface area contributed by atoms with Crippen LogP contribution in [0.2, 0.25) is 0 Å². The molecule has 0 aromatic carbocycles. The molecule has 0 aliphatic heterocycles. The number of aromatic amines is 1. The van der Waals surface area contributed by atoms with Gasteiger partial charge in [0.1, 0.15) is 0 Å². The molecule has 0 bridgehead atoms. The van der Waals surface area contributed by atoms with E-state index in [1.807, 2.05) is 12.2 Å². The first-order valence-electron chi connectivity index (χ1n) is 3.17. The van der Waals surface area contributed by atoms with Gasteiger partial charge in [-0.05, 0) is 0 Å². The lowest BCUT2D eigenvalue weighted by Crippen LogP contribution is -1.87. The van der Waals surface area contributed by atoms with Gasteiger partial charge in [0.05, 0.1) is 11.9 Å². The van der Waals surface area contributed by atoms with E-state index in [-0.39, 0.29) is 0 Å². The van der Waals surface area contributed by atoms with E-state index in [0.717, 1.165) is 5.69 Å². The lowest BCUT2D eigenvalue weighted by Gasteiger charge is -1.95. The zero-order chi connectivity index (χ0) is 6.81. The summed E-state index contributed by atoms with van der Waals surface area (Å²) < 4.78 is 0. The van der Waals surface area contributed by atoms with Gasteiger partial charge in [-0.1, -0.05) is 24.3 Å². The van der Waals surface area contributed by atoms with E-state index in [9.17, 15) is 0 Å². The predicted molar refractivity (Wildman–Crippen MR) is 37.4 cm³/mol. The van der Waals surface area contributed by atoms with Gasteiger partial charge in [-0.2, -0.15) is 15.4 Å². The molecule has 50 valence electrons. The number of H-pyrrole nitrogens is 1. The Morgan fingerprint density at radius 3 is 2.70 bits per heavy atom. The maximum atomic E-state index is 3.96. The van der Waals surface area contributed by atoms with Crippen LogP contribution >= 0.6 is 0 Å². The summed E-state index contributed by atoms with van der Waals surface area (Å²) in [5, 5.41) is 10.3. The molecule has 0 amide bonds. The standard InChI is InChI=1S/C7H7N3/c1-2-4-6(3-1)7-5-8-10-9-7/h1-6H,(H,8,9,10). The molecule has 1 heterocycles. The molecule has 3 heteroatoms. The molecule has 0 saturated heterocycles. The van der Waals surface area contributed by atoms with Gasteiger partial charge in [0, 0.05) is 5.92 Å². The van der Waals surface area contributed by atoms with Crippen molar-refractivity contribution in [3.8, 4) is 0 Å². The highest BCUT2D eigenvalue weighted by molar-refractivity contribution is 5.28. The van der Waals surface area contributed by atoms with Gasteiger partial charge in [-0.3, -0.25) is 0 Å². The van der Waals surface area contributed by atoms with Crippen molar-refractivity contribution >= 4 is 0 Å². The molecule has 1 aliphatic rings. The molecule has 0 atom stereocenters. The van der Waals surface area contributed by atoms with Crippen LogP contribution in [0.1, 0.15) is 11.6 Å².